The van der Waals surface area contributed by atoms with E-state index in [-0.39, 0.29) is 22.7 Å². The third kappa shape index (κ3) is 5.10. The van der Waals surface area contributed by atoms with Crippen molar-refractivity contribution in [2.24, 2.45) is 0 Å². The number of carbonyl (C=O) groups is 1. The van der Waals surface area contributed by atoms with E-state index in [1.54, 1.807) is 0 Å². The van der Waals surface area contributed by atoms with Gasteiger partial charge < -0.3 is 19.9 Å². The first-order valence-corrected chi connectivity index (χ1v) is 8.79. The van der Waals surface area contributed by atoms with Gasteiger partial charge in [0.2, 0.25) is 0 Å². The number of alkyl carbamates (subject to hydrolysis) is 1. The van der Waals surface area contributed by atoms with Gasteiger partial charge in [0.05, 0.1) is 16.1 Å². The predicted octanol–water partition coefficient (Wildman–Crippen LogP) is 2.99. The van der Waals surface area contributed by atoms with Crippen LogP contribution in [-0.2, 0) is 16.1 Å². The van der Waals surface area contributed by atoms with Crippen LogP contribution in [0.25, 0.3) is 0 Å². The molecule has 2 rings (SSSR count). The maximum absolute atomic E-state index is 11.9. The number of aliphatic hydroxyl groups excluding tert-OH is 1. The number of aliphatic hydroxyl groups is 1. The van der Waals surface area contributed by atoms with Gasteiger partial charge in [-0.15, -0.1) is 0 Å². The molecule has 1 aromatic rings. The van der Waals surface area contributed by atoms with Gasteiger partial charge in [0.25, 0.3) is 0 Å². The molecule has 1 fully saturated rings. The monoisotopic (exact) mass is 419 g/mol. The van der Waals surface area contributed by atoms with E-state index in [2.05, 4.69) is 27.9 Å². The zero-order valence-electron chi connectivity index (χ0n) is 12.6. The molecule has 6 heteroatoms. The standard InChI is InChI=1S/C16H22INO4/c1-2-13(14-9-8-12(17)15(19)22-14)18-16(20)21-10-11-6-4-3-5-7-11/h3-7,12-15,19H,2,8-10H2,1H3,(H,18,20)/t12?,13?,14-,15?/m0/s1. The number of rotatable bonds is 5. The first kappa shape index (κ1) is 17.5. The summed E-state index contributed by atoms with van der Waals surface area (Å²) < 4.78 is 10.9. The van der Waals surface area contributed by atoms with Crippen LogP contribution in [0.4, 0.5) is 4.79 Å². The van der Waals surface area contributed by atoms with Crippen LogP contribution >= 0.6 is 22.6 Å². The van der Waals surface area contributed by atoms with Gasteiger partial charge in [-0.2, -0.15) is 0 Å². The number of benzene rings is 1. The van der Waals surface area contributed by atoms with E-state index >= 15 is 0 Å². The minimum absolute atomic E-state index is 0.108. The van der Waals surface area contributed by atoms with Crippen molar-refractivity contribution in [1.82, 2.24) is 5.32 Å². The molecule has 4 atom stereocenters. The van der Waals surface area contributed by atoms with Crippen LogP contribution in [0.2, 0.25) is 0 Å². The summed E-state index contributed by atoms with van der Waals surface area (Å²) in [7, 11) is 0. The fourth-order valence-electron chi connectivity index (χ4n) is 2.47. The molecule has 3 unspecified atom stereocenters. The minimum Gasteiger partial charge on any atom is -0.445 e. The van der Waals surface area contributed by atoms with E-state index in [0.717, 1.165) is 24.8 Å². The lowest BCUT2D eigenvalue weighted by Crippen LogP contribution is -2.49. The molecule has 22 heavy (non-hydrogen) atoms. The largest absolute Gasteiger partial charge is 0.445 e. The molecular weight excluding hydrogens is 397 g/mol. The van der Waals surface area contributed by atoms with Gasteiger partial charge in [0, 0.05) is 0 Å². The number of halogens is 1. The summed E-state index contributed by atoms with van der Waals surface area (Å²) in [6, 6.07) is 9.40. The van der Waals surface area contributed by atoms with E-state index < -0.39 is 12.4 Å². The number of amides is 1. The fraction of sp³-hybridized carbons (Fsp3) is 0.562. The van der Waals surface area contributed by atoms with E-state index in [1.165, 1.54) is 0 Å². The van der Waals surface area contributed by atoms with E-state index in [4.69, 9.17) is 9.47 Å². The van der Waals surface area contributed by atoms with E-state index in [0.29, 0.717) is 0 Å². The number of alkyl halides is 1. The Balaban J connectivity index is 1.80. The van der Waals surface area contributed by atoms with Crippen molar-refractivity contribution in [3.8, 4) is 0 Å². The molecule has 0 aromatic heterocycles. The zero-order chi connectivity index (χ0) is 15.9. The lowest BCUT2D eigenvalue weighted by Gasteiger charge is -2.35. The van der Waals surface area contributed by atoms with Crippen molar-refractivity contribution in [1.29, 1.82) is 0 Å². The van der Waals surface area contributed by atoms with Crippen molar-refractivity contribution in [3.05, 3.63) is 35.9 Å². The smallest absolute Gasteiger partial charge is 0.407 e. The molecule has 0 aliphatic carbocycles. The Hall–Kier alpha value is -0.860. The van der Waals surface area contributed by atoms with Crippen LogP contribution in [-0.4, -0.2) is 33.6 Å². The Morgan fingerprint density at radius 3 is 2.82 bits per heavy atom. The van der Waals surface area contributed by atoms with E-state index in [9.17, 15) is 9.90 Å². The van der Waals surface area contributed by atoms with Gasteiger partial charge in [-0.3, -0.25) is 0 Å². The quantitative estimate of drug-likeness (QED) is 0.569. The average molecular weight is 419 g/mol. The SMILES string of the molecule is CCC(NC(=O)OCc1ccccc1)[C@@H]1CCC(I)C(O)O1. The number of hydrogen-bond acceptors (Lipinski definition) is 4. The topological polar surface area (TPSA) is 67.8 Å². The lowest BCUT2D eigenvalue weighted by molar-refractivity contribution is -0.163. The van der Waals surface area contributed by atoms with Gasteiger partial charge in [0.15, 0.2) is 6.29 Å². The van der Waals surface area contributed by atoms with Crippen LogP contribution < -0.4 is 5.32 Å². The van der Waals surface area contributed by atoms with Crippen molar-refractivity contribution >= 4 is 28.7 Å². The third-order valence-electron chi connectivity index (χ3n) is 3.76. The highest BCUT2D eigenvalue weighted by Crippen LogP contribution is 2.26. The summed E-state index contributed by atoms with van der Waals surface area (Å²) in [6.07, 6.45) is 1.03. The average Bonchev–Trinajstić information content (AvgIpc) is 2.54. The Bertz CT molecular complexity index is 470. The van der Waals surface area contributed by atoms with Crippen LogP contribution in [0.3, 0.4) is 0 Å². The predicted molar refractivity (Wildman–Crippen MR) is 91.8 cm³/mol. The highest BCUT2D eigenvalue weighted by Gasteiger charge is 2.33. The van der Waals surface area contributed by atoms with Gasteiger partial charge in [-0.25, -0.2) is 4.79 Å². The van der Waals surface area contributed by atoms with Crippen LogP contribution in [0.15, 0.2) is 30.3 Å². The minimum atomic E-state index is -0.768. The lowest BCUT2D eigenvalue weighted by atomic mass is 10.00. The number of nitrogens with one attached hydrogen (secondary N) is 1. The second-order valence-corrected chi connectivity index (χ2v) is 6.98. The van der Waals surface area contributed by atoms with Crippen molar-refractivity contribution in [2.45, 2.75) is 55.2 Å². The van der Waals surface area contributed by atoms with Gasteiger partial charge in [0.1, 0.15) is 6.61 Å². The van der Waals surface area contributed by atoms with Crippen molar-refractivity contribution < 1.29 is 19.4 Å². The second-order valence-electron chi connectivity index (χ2n) is 5.38. The summed E-state index contributed by atoms with van der Waals surface area (Å²) in [5.41, 5.74) is 0.947. The summed E-state index contributed by atoms with van der Waals surface area (Å²) in [5.74, 6) is 0. The Labute approximate surface area is 144 Å². The first-order chi connectivity index (χ1) is 10.6. The molecule has 122 valence electrons. The zero-order valence-corrected chi connectivity index (χ0v) is 14.7. The van der Waals surface area contributed by atoms with Crippen molar-refractivity contribution in [3.63, 3.8) is 0 Å². The maximum atomic E-state index is 11.9. The normalized spacial score (nSPS) is 26.2. The highest BCUT2D eigenvalue weighted by molar-refractivity contribution is 14.1. The molecule has 1 heterocycles. The van der Waals surface area contributed by atoms with Gasteiger partial charge >= 0.3 is 6.09 Å². The Kier molecular flexibility index (Phi) is 6.91. The third-order valence-corrected chi connectivity index (χ3v) is 4.99. The summed E-state index contributed by atoms with van der Waals surface area (Å²) in [4.78, 5) is 11.9. The number of hydrogen-bond donors (Lipinski definition) is 2. The summed E-state index contributed by atoms with van der Waals surface area (Å²) in [5, 5.41) is 12.6. The van der Waals surface area contributed by atoms with Crippen LogP contribution in [0.1, 0.15) is 31.7 Å². The Morgan fingerprint density at radius 1 is 1.45 bits per heavy atom. The van der Waals surface area contributed by atoms with Gasteiger partial charge in [-0.1, -0.05) is 59.8 Å². The molecule has 1 amide bonds. The Morgan fingerprint density at radius 2 is 2.18 bits per heavy atom. The number of carbonyl (C=O) groups excluding carboxylic acids is 1. The molecule has 1 saturated heterocycles. The first-order valence-electron chi connectivity index (χ1n) is 7.55. The second kappa shape index (κ2) is 8.69. The van der Waals surface area contributed by atoms with Crippen LogP contribution in [0.5, 0.6) is 0 Å². The summed E-state index contributed by atoms with van der Waals surface area (Å²) >= 11 is 2.19. The van der Waals surface area contributed by atoms with Crippen molar-refractivity contribution in [2.75, 3.05) is 0 Å². The summed E-state index contributed by atoms with van der Waals surface area (Å²) in [6.45, 7) is 2.22. The molecular formula is C16H22INO4. The highest BCUT2D eigenvalue weighted by atomic mass is 127. The molecule has 1 aliphatic rings. The molecule has 5 nitrogen and oxygen atoms in total. The van der Waals surface area contributed by atoms with Crippen LogP contribution in [0, 0.1) is 0 Å². The number of ether oxygens (including phenoxy) is 2. The van der Waals surface area contributed by atoms with E-state index in [1.807, 2.05) is 37.3 Å². The maximum Gasteiger partial charge on any atom is 0.407 e. The molecule has 0 saturated carbocycles. The fourth-order valence-corrected chi connectivity index (χ4v) is 3.00. The van der Waals surface area contributed by atoms with Gasteiger partial charge in [-0.05, 0) is 24.8 Å². The molecule has 1 aliphatic heterocycles. The molecule has 0 spiro atoms. The molecule has 1 aromatic carbocycles. The molecule has 0 bridgehead atoms. The molecule has 0 radical (unpaired) electrons. The molecule has 2 N–H and O–H groups in total.